The Morgan fingerprint density at radius 1 is 1.58 bits per heavy atom. The van der Waals surface area contributed by atoms with Crippen LogP contribution in [0.25, 0.3) is 11.6 Å². The van der Waals surface area contributed by atoms with Gasteiger partial charge in [-0.3, -0.25) is 9.89 Å². The molecule has 0 saturated heterocycles. The van der Waals surface area contributed by atoms with Crippen molar-refractivity contribution in [3.63, 3.8) is 0 Å². The van der Waals surface area contributed by atoms with Gasteiger partial charge in [-0.15, -0.1) is 0 Å². The fraction of sp³-hybridized carbons (Fsp3) is 0.545. The van der Waals surface area contributed by atoms with Crippen LogP contribution >= 0.6 is 0 Å². The highest BCUT2D eigenvalue weighted by atomic mass is 16.5. The van der Waals surface area contributed by atoms with E-state index >= 15 is 0 Å². The fourth-order valence-electron chi connectivity index (χ4n) is 1.58. The molecule has 0 aliphatic heterocycles. The van der Waals surface area contributed by atoms with Crippen molar-refractivity contribution in [3.05, 3.63) is 12.2 Å². The van der Waals surface area contributed by atoms with Crippen LogP contribution in [0.5, 0.6) is 0 Å². The Labute approximate surface area is 109 Å². The Hall–Kier alpha value is -2.25. The van der Waals surface area contributed by atoms with Gasteiger partial charge in [0.1, 0.15) is 6.33 Å². The van der Waals surface area contributed by atoms with Crippen LogP contribution in [0.4, 0.5) is 0 Å². The molecule has 2 aromatic heterocycles. The van der Waals surface area contributed by atoms with Gasteiger partial charge in [0.25, 0.3) is 0 Å². The Kier molecular flexibility index (Phi) is 3.32. The van der Waals surface area contributed by atoms with Crippen LogP contribution in [0.3, 0.4) is 0 Å². The second kappa shape index (κ2) is 4.79. The van der Waals surface area contributed by atoms with E-state index in [-0.39, 0.29) is 24.1 Å². The van der Waals surface area contributed by atoms with Gasteiger partial charge in [0, 0.05) is 6.42 Å². The summed E-state index contributed by atoms with van der Waals surface area (Å²) in [7, 11) is 0. The predicted octanol–water partition coefficient (Wildman–Crippen LogP) is 1.14. The van der Waals surface area contributed by atoms with Crippen LogP contribution in [0.1, 0.15) is 26.7 Å². The van der Waals surface area contributed by atoms with Gasteiger partial charge in [0.15, 0.2) is 5.82 Å². The number of aromatic nitrogens is 5. The minimum atomic E-state index is -0.953. The van der Waals surface area contributed by atoms with Crippen LogP contribution in [-0.2, 0) is 11.2 Å². The Bertz CT molecular complexity index is 563. The number of aromatic amines is 1. The molecule has 0 fully saturated rings. The maximum atomic E-state index is 11.4. The summed E-state index contributed by atoms with van der Waals surface area (Å²) in [6.07, 6.45) is 1.50. The van der Waals surface area contributed by atoms with Gasteiger partial charge in [-0.25, -0.2) is 4.98 Å². The van der Waals surface area contributed by atoms with E-state index in [9.17, 15) is 9.90 Å². The summed E-state index contributed by atoms with van der Waals surface area (Å²) in [5.41, 5.74) is -0.953. The molecule has 0 aliphatic carbocycles. The van der Waals surface area contributed by atoms with E-state index in [1.165, 1.54) is 6.33 Å². The molecule has 1 unspecified atom stereocenters. The van der Waals surface area contributed by atoms with E-state index < -0.39 is 11.4 Å². The number of nitrogens with zero attached hydrogens (tertiary/aromatic N) is 4. The third kappa shape index (κ3) is 2.47. The second-order valence-corrected chi connectivity index (χ2v) is 4.90. The number of hydrogen-bond acceptors (Lipinski definition) is 6. The van der Waals surface area contributed by atoms with E-state index in [4.69, 9.17) is 4.52 Å². The lowest BCUT2D eigenvalue weighted by Gasteiger charge is -2.27. The average molecular weight is 265 g/mol. The number of carboxylic acid groups (broad SMARTS) is 1. The fourth-order valence-corrected chi connectivity index (χ4v) is 1.58. The van der Waals surface area contributed by atoms with Crippen molar-refractivity contribution in [3.8, 4) is 11.6 Å². The highest BCUT2D eigenvalue weighted by Gasteiger charge is 2.38. The number of carbonyl (C=O) groups is 1. The summed E-state index contributed by atoms with van der Waals surface area (Å²) in [6.45, 7) is 5.36. The van der Waals surface area contributed by atoms with Crippen molar-refractivity contribution < 1.29 is 14.4 Å². The van der Waals surface area contributed by atoms with Crippen LogP contribution in [0.15, 0.2) is 10.9 Å². The molecular weight excluding hydrogens is 250 g/mol. The number of rotatable bonds is 5. The molecule has 19 heavy (non-hydrogen) atoms. The van der Waals surface area contributed by atoms with Crippen molar-refractivity contribution in [1.82, 2.24) is 25.3 Å². The van der Waals surface area contributed by atoms with Crippen LogP contribution < -0.4 is 0 Å². The molecule has 8 nitrogen and oxygen atoms in total. The van der Waals surface area contributed by atoms with Gasteiger partial charge < -0.3 is 9.63 Å². The molecule has 2 N–H and O–H groups in total. The third-order valence-corrected chi connectivity index (χ3v) is 3.38. The minimum Gasteiger partial charge on any atom is -0.481 e. The first-order chi connectivity index (χ1) is 8.93. The van der Waals surface area contributed by atoms with Crippen molar-refractivity contribution in [2.45, 2.75) is 27.2 Å². The van der Waals surface area contributed by atoms with Crippen LogP contribution in [0, 0.1) is 11.3 Å². The molecular formula is C11H15N5O3. The zero-order chi connectivity index (χ0) is 14.0. The summed E-state index contributed by atoms with van der Waals surface area (Å²) in [6, 6.07) is 0. The topological polar surface area (TPSA) is 118 Å². The van der Waals surface area contributed by atoms with Gasteiger partial charge in [-0.2, -0.15) is 10.1 Å². The molecule has 0 amide bonds. The first-order valence-electron chi connectivity index (χ1n) is 5.85. The molecule has 0 bridgehead atoms. The van der Waals surface area contributed by atoms with E-state index in [0.717, 1.165) is 0 Å². The zero-order valence-electron chi connectivity index (χ0n) is 10.9. The summed E-state index contributed by atoms with van der Waals surface area (Å²) in [5.74, 6) is -0.0295. The second-order valence-electron chi connectivity index (χ2n) is 4.90. The molecule has 0 radical (unpaired) electrons. The molecule has 0 aliphatic rings. The summed E-state index contributed by atoms with van der Waals surface area (Å²) < 4.78 is 5.07. The van der Waals surface area contributed by atoms with Crippen LogP contribution in [0.2, 0.25) is 0 Å². The first-order valence-corrected chi connectivity index (χ1v) is 5.85. The monoisotopic (exact) mass is 265 g/mol. The average Bonchev–Trinajstić information content (AvgIpc) is 2.97. The van der Waals surface area contributed by atoms with Crippen LogP contribution in [-0.4, -0.2) is 36.4 Å². The van der Waals surface area contributed by atoms with Gasteiger partial charge in [0.05, 0.1) is 5.41 Å². The normalized spacial score (nSPS) is 14.5. The maximum absolute atomic E-state index is 11.4. The lowest BCUT2D eigenvalue weighted by atomic mass is 9.76. The number of carboxylic acids is 1. The first kappa shape index (κ1) is 13.2. The summed E-state index contributed by atoms with van der Waals surface area (Å²) >= 11 is 0. The Morgan fingerprint density at radius 3 is 2.84 bits per heavy atom. The van der Waals surface area contributed by atoms with Gasteiger partial charge in [-0.1, -0.05) is 19.0 Å². The maximum Gasteiger partial charge on any atom is 0.310 e. The SMILES string of the molecule is CC(C)C(C)(Cc1nc(-c2ncn[nH]2)no1)C(=O)O. The van der Waals surface area contributed by atoms with E-state index in [0.29, 0.717) is 5.82 Å². The van der Waals surface area contributed by atoms with E-state index in [1.54, 1.807) is 6.92 Å². The summed E-state index contributed by atoms with van der Waals surface area (Å²) in [4.78, 5) is 19.4. The molecule has 2 rings (SSSR count). The quantitative estimate of drug-likeness (QED) is 0.832. The lowest BCUT2D eigenvalue weighted by Crippen LogP contribution is -2.35. The van der Waals surface area contributed by atoms with Crippen molar-refractivity contribution in [1.29, 1.82) is 0 Å². The molecule has 102 valence electrons. The van der Waals surface area contributed by atoms with Crippen molar-refractivity contribution >= 4 is 5.97 Å². The molecule has 1 atom stereocenters. The highest BCUT2D eigenvalue weighted by Crippen LogP contribution is 2.31. The molecule has 2 aromatic rings. The number of nitrogens with one attached hydrogen (secondary N) is 1. The molecule has 0 aromatic carbocycles. The predicted molar refractivity (Wildman–Crippen MR) is 64.0 cm³/mol. The molecule has 8 heteroatoms. The van der Waals surface area contributed by atoms with Crippen molar-refractivity contribution in [2.75, 3.05) is 0 Å². The minimum absolute atomic E-state index is 0.0642. The molecule has 0 saturated carbocycles. The zero-order valence-corrected chi connectivity index (χ0v) is 10.9. The van der Waals surface area contributed by atoms with E-state index in [1.807, 2.05) is 13.8 Å². The lowest BCUT2D eigenvalue weighted by molar-refractivity contribution is -0.150. The standard InChI is InChI=1S/C11H15N5O3/c1-6(2)11(3,10(17)18)4-7-14-9(16-19-7)8-12-5-13-15-8/h5-6H,4H2,1-3H3,(H,17,18)(H,12,13,15). The summed E-state index contributed by atoms with van der Waals surface area (Å²) in [5, 5.41) is 19.4. The van der Waals surface area contributed by atoms with Gasteiger partial charge in [0.2, 0.25) is 11.7 Å². The number of H-pyrrole nitrogens is 1. The number of hydrogen-bond donors (Lipinski definition) is 2. The van der Waals surface area contributed by atoms with Gasteiger partial charge in [-0.05, 0) is 12.8 Å². The Morgan fingerprint density at radius 2 is 2.32 bits per heavy atom. The molecule has 0 spiro atoms. The van der Waals surface area contributed by atoms with E-state index in [2.05, 4.69) is 25.3 Å². The molecule has 2 heterocycles. The van der Waals surface area contributed by atoms with Crippen molar-refractivity contribution in [2.24, 2.45) is 11.3 Å². The largest absolute Gasteiger partial charge is 0.481 e. The van der Waals surface area contributed by atoms with Gasteiger partial charge >= 0.3 is 5.97 Å². The smallest absolute Gasteiger partial charge is 0.310 e. The highest BCUT2D eigenvalue weighted by molar-refractivity contribution is 5.74. The number of aliphatic carboxylic acids is 1. The third-order valence-electron chi connectivity index (χ3n) is 3.38. The Balaban J connectivity index is 2.22.